The van der Waals surface area contributed by atoms with Crippen LogP contribution in [0.3, 0.4) is 0 Å². The van der Waals surface area contributed by atoms with Gasteiger partial charge in [0.1, 0.15) is 6.10 Å². The second kappa shape index (κ2) is 3.89. The number of hydrogen-bond acceptors (Lipinski definition) is 2. The predicted molar refractivity (Wildman–Crippen MR) is 63.3 cm³/mol. The van der Waals surface area contributed by atoms with E-state index in [1.54, 1.807) is 0 Å². The average Bonchev–Trinajstić information content (AvgIpc) is 3.08. The van der Waals surface area contributed by atoms with Gasteiger partial charge in [-0.1, -0.05) is 36.4 Å². The first kappa shape index (κ1) is 9.82. The van der Waals surface area contributed by atoms with E-state index in [0.717, 1.165) is 6.42 Å². The van der Waals surface area contributed by atoms with E-state index in [-0.39, 0.29) is 18.8 Å². The highest BCUT2D eigenvalue weighted by molar-refractivity contribution is 5.83. The highest BCUT2D eigenvalue weighted by Crippen LogP contribution is 2.41. The number of aliphatic hydroxyl groups is 1. The quantitative estimate of drug-likeness (QED) is 0.797. The summed E-state index contributed by atoms with van der Waals surface area (Å²) in [5.74, 6) is 0. The summed E-state index contributed by atoms with van der Waals surface area (Å²) in [5.41, 5.74) is 1.22. The number of fused-ring (bicyclic) bond motifs is 1. The van der Waals surface area contributed by atoms with Gasteiger partial charge in [-0.25, -0.2) is 0 Å². The van der Waals surface area contributed by atoms with Gasteiger partial charge < -0.3 is 9.84 Å². The van der Waals surface area contributed by atoms with Crippen LogP contribution in [0.1, 0.15) is 18.1 Å². The number of hydrogen-bond donors (Lipinski definition) is 1. The average molecular weight is 214 g/mol. The van der Waals surface area contributed by atoms with Gasteiger partial charge in [-0.15, -0.1) is 0 Å². The van der Waals surface area contributed by atoms with E-state index in [2.05, 4.69) is 30.3 Å². The third-order valence-electron chi connectivity index (χ3n) is 3.10. The van der Waals surface area contributed by atoms with Crippen LogP contribution in [0.5, 0.6) is 0 Å². The minimum absolute atomic E-state index is 0.191. The molecule has 16 heavy (non-hydrogen) atoms. The molecule has 2 nitrogen and oxygen atoms in total. The molecule has 2 atom stereocenters. The fraction of sp³-hybridized carbons (Fsp3) is 0.286. The van der Waals surface area contributed by atoms with E-state index in [1.807, 2.05) is 12.1 Å². The van der Waals surface area contributed by atoms with E-state index in [1.165, 1.54) is 16.3 Å². The van der Waals surface area contributed by atoms with E-state index in [4.69, 9.17) is 9.84 Å². The van der Waals surface area contributed by atoms with Gasteiger partial charge in [0.05, 0.1) is 6.10 Å². The normalized spacial score (nSPS) is 23.6. The lowest BCUT2D eigenvalue weighted by Crippen LogP contribution is -1.92. The monoisotopic (exact) mass is 214 g/mol. The Morgan fingerprint density at radius 2 is 1.88 bits per heavy atom. The Morgan fingerprint density at radius 1 is 1.06 bits per heavy atom. The first-order valence-electron chi connectivity index (χ1n) is 5.63. The predicted octanol–water partition coefficient (Wildman–Crippen LogP) is 2.66. The minimum atomic E-state index is 0.191. The topological polar surface area (TPSA) is 32.8 Å². The standard InChI is InChI=1S/C14H14O2/c15-8-7-13-14(16-13)12-6-5-10-3-1-2-4-11(10)9-12/h1-6,9,13-15H,7-8H2. The molecule has 0 spiro atoms. The number of epoxide rings is 1. The first-order valence-corrected chi connectivity index (χ1v) is 5.63. The largest absolute Gasteiger partial charge is 0.396 e. The molecule has 2 heteroatoms. The zero-order valence-electron chi connectivity index (χ0n) is 8.97. The molecule has 0 radical (unpaired) electrons. The molecular weight excluding hydrogens is 200 g/mol. The molecular formula is C14H14O2. The van der Waals surface area contributed by atoms with Gasteiger partial charge in [0.2, 0.25) is 0 Å². The van der Waals surface area contributed by atoms with Gasteiger partial charge in [0.15, 0.2) is 0 Å². The van der Waals surface area contributed by atoms with Crippen molar-refractivity contribution in [1.29, 1.82) is 0 Å². The van der Waals surface area contributed by atoms with E-state index >= 15 is 0 Å². The van der Waals surface area contributed by atoms with Crippen LogP contribution in [0.15, 0.2) is 42.5 Å². The van der Waals surface area contributed by atoms with Gasteiger partial charge in [0, 0.05) is 6.61 Å². The van der Waals surface area contributed by atoms with Crippen LogP contribution < -0.4 is 0 Å². The third-order valence-corrected chi connectivity index (χ3v) is 3.10. The fourth-order valence-electron chi connectivity index (χ4n) is 2.17. The summed E-state index contributed by atoms with van der Waals surface area (Å²) in [6.45, 7) is 0.203. The molecule has 2 unspecified atom stereocenters. The van der Waals surface area contributed by atoms with Crippen molar-refractivity contribution in [3.63, 3.8) is 0 Å². The molecule has 0 aliphatic carbocycles. The molecule has 2 aromatic rings. The molecule has 1 aliphatic rings. The SMILES string of the molecule is OCCC1OC1c1ccc2ccccc2c1. The third kappa shape index (κ3) is 1.70. The molecule has 0 aromatic heterocycles. The van der Waals surface area contributed by atoms with Crippen molar-refractivity contribution < 1.29 is 9.84 Å². The van der Waals surface area contributed by atoms with Crippen molar-refractivity contribution in [1.82, 2.24) is 0 Å². The highest BCUT2D eigenvalue weighted by atomic mass is 16.6. The van der Waals surface area contributed by atoms with E-state index in [9.17, 15) is 0 Å². The van der Waals surface area contributed by atoms with E-state index < -0.39 is 0 Å². The maximum absolute atomic E-state index is 8.83. The van der Waals surface area contributed by atoms with Crippen molar-refractivity contribution >= 4 is 10.8 Å². The Bertz CT molecular complexity index is 507. The smallest absolute Gasteiger partial charge is 0.109 e. The van der Waals surface area contributed by atoms with Gasteiger partial charge >= 0.3 is 0 Å². The lowest BCUT2D eigenvalue weighted by Gasteiger charge is -2.00. The molecule has 0 amide bonds. The van der Waals surface area contributed by atoms with Crippen molar-refractivity contribution in [2.24, 2.45) is 0 Å². The molecule has 1 saturated heterocycles. The number of benzene rings is 2. The number of ether oxygens (including phenoxy) is 1. The molecule has 1 heterocycles. The Labute approximate surface area is 94.5 Å². The van der Waals surface area contributed by atoms with Crippen LogP contribution in [0.4, 0.5) is 0 Å². The van der Waals surface area contributed by atoms with Gasteiger partial charge in [0.25, 0.3) is 0 Å². The lowest BCUT2D eigenvalue weighted by atomic mass is 10.0. The van der Waals surface area contributed by atoms with Crippen LogP contribution in [0, 0.1) is 0 Å². The summed E-state index contributed by atoms with van der Waals surface area (Å²) < 4.78 is 5.53. The van der Waals surface area contributed by atoms with Crippen molar-refractivity contribution in [2.75, 3.05) is 6.61 Å². The van der Waals surface area contributed by atoms with Crippen molar-refractivity contribution in [2.45, 2.75) is 18.6 Å². The molecule has 0 saturated carbocycles. The maximum atomic E-state index is 8.83. The van der Waals surface area contributed by atoms with Gasteiger partial charge in [-0.3, -0.25) is 0 Å². The minimum Gasteiger partial charge on any atom is -0.396 e. The van der Waals surface area contributed by atoms with Crippen molar-refractivity contribution in [3.8, 4) is 0 Å². The maximum Gasteiger partial charge on any atom is 0.109 e. The van der Waals surface area contributed by atoms with Crippen molar-refractivity contribution in [3.05, 3.63) is 48.0 Å². The molecule has 0 bridgehead atoms. The van der Waals surface area contributed by atoms with Crippen LogP contribution in [0.25, 0.3) is 10.8 Å². The summed E-state index contributed by atoms with van der Waals surface area (Å²) in [5, 5.41) is 11.3. The number of rotatable bonds is 3. The van der Waals surface area contributed by atoms with Crippen LogP contribution in [0.2, 0.25) is 0 Å². The molecule has 2 aromatic carbocycles. The molecule has 1 N–H and O–H groups in total. The second-order valence-corrected chi connectivity index (χ2v) is 4.21. The first-order chi connectivity index (χ1) is 7.88. The summed E-state index contributed by atoms with van der Waals surface area (Å²) in [4.78, 5) is 0. The summed E-state index contributed by atoms with van der Waals surface area (Å²) in [6.07, 6.45) is 1.14. The number of aliphatic hydroxyl groups excluding tert-OH is 1. The highest BCUT2D eigenvalue weighted by Gasteiger charge is 2.39. The summed E-state index contributed by atoms with van der Waals surface area (Å²) in [7, 11) is 0. The Kier molecular flexibility index (Phi) is 2.39. The van der Waals surface area contributed by atoms with Crippen LogP contribution in [-0.2, 0) is 4.74 Å². The van der Waals surface area contributed by atoms with Crippen LogP contribution >= 0.6 is 0 Å². The Balaban J connectivity index is 1.89. The lowest BCUT2D eigenvalue weighted by molar-refractivity contribution is 0.262. The van der Waals surface area contributed by atoms with Gasteiger partial charge in [-0.2, -0.15) is 0 Å². The molecule has 82 valence electrons. The molecule has 1 aliphatic heterocycles. The fourth-order valence-corrected chi connectivity index (χ4v) is 2.17. The van der Waals surface area contributed by atoms with Crippen LogP contribution in [-0.4, -0.2) is 17.8 Å². The molecule has 3 rings (SSSR count). The van der Waals surface area contributed by atoms with E-state index in [0.29, 0.717) is 0 Å². The molecule has 1 fully saturated rings. The zero-order chi connectivity index (χ0) is 11.0. The zero-order valence-corrected chi connectivity index (χ0v) is 8.97. The Morgan fingerprint density at radius 3 is 2.69 bits per heavy atom. The second-order valence-electron chi connectivity index (χ2n) is 4.21. The summed E-state index contributed by atoms with van der Waals surface area (Å²) in [6, 6.07) is 14.7. The Hall–Kier alpha value is -1.38. The van der Waals surface area contributed by atoms with Gasteiger partial charge in [-0.05, 0) is 28.8 Å². The summed E-state index contributed by atoms with van der Waals surface area (Å²) >= 11 is 0.